The highest BCUT2D eigenvalue weighted by Gasteiger charge is 2.17. The van der Waals surface area contributed by atoms with Crippen LogP contribution in [0.3, 0.4) is 0 Å². The van der Waals surface area contributed by atoms with Gasteiger partial charge in [0, 0.05) is 12.2 Å². The summed E-state index contributed by atoms with van der Waals surface area (Å²) in [7, 11) is 0. The van der Waals surface area contributed by atoms with E-state index in [1.165, 1.54) is 16.3 Å². The van der Waals surface area contributed by atoms with Gasteiger partial charge >= 0.3 is 0 Å². The third kappa shape index (κ3) is 4.14. The van der Waals surface area contributed by atoms with E-state index < -0.39 is 0 Å². The lowest BCUT2D eigenvalue weighted by atomic mass is 10.1. The number of aromatic nitrogens is 2. The molecule has 0 amide bonds. The average molecular weight is 395 g/mol. The first kappa shape index (κ1) is 19.0. The summed E-state index contributed by atoms with van der Waals surface area (Å²) >= 11 is 7.65. The number of nitriles is 2. The molecule has 27 heavy (non-hydrogen) atoms. The molecule has 0 radical (unpaired) electrons. The minimum atomic E-state index is -0.294. The van der Waals surface area contributed by atoms with Crippen molar-refractivity contribution in [3.05, 3.63) is 63.9 Å². The molecule has 1 heterocycles. The molecule has 0 saturated heterocycles. The monoisotopic (exact) mass is 394 g/mol. The molecule has 0 aliphatic carbocycles. The number of thioether (sulfide) groups is 1. The predicted octanol–water partition coefficient (Wildman–Crippen LogP) is 4.57. The van der Waals surface area contributed by atoms with Crippen LogP contribution in [0.15, 0.2) is 58.5 Å². The highest BCUT2D eigenvalue weighted by atomic mass is 35.5. The SMILES string of the molecule is N#CCC[C@H](C#N)CSc1nc2ccccc2c(=O)n1-c1ccccc1Cl. The van der Waals surface area contributed by atoms with Crippen LogP contribution in [0.4, 0.5) is 0 Å². The van der Waals surface area contributed by atoms with E-state index >= 15 is 0 Å². The van der Waals surface area contributed by atoms with Gasteiger partial charge in [-0.2, -0.15) is 10.5 Å². The van der Waals surface area contributed by atoms with Gasteiger partial charge in [-0.1, -0.05) is 47.6 Å². The van der Waals surface area contributed by atoms with E-state index in [9.17, 15) is 10.1 Å². The Kier molecular flexibility index (Phi) is 6.13. The molecule has 0 saturated carbocycles. The first-order valence-electron chi connectivity index (χ1n) is 8.31. The number of hydrogen-bond donors (Lipinski definition) is 0. The molecule has 0 unspecified atom stereocenters. The Morgan fingerprint density at radius 2 is 1.89 bits per heavy atom. The molecule has 0 fully saturated rings. The summed E-state index contributed by atoms with van der Waals surface area (Å²) in [5.41, 5.74) is 0.941. The van der Waals surface area contributed by atoms with Crippen molar-refractivity contribution >= 4 is 34.3 Å². The van der Waals surface area contributed by atoms with E-state index in [-0.39, 0.29) is 11.5 Å². The molecule has 0 aliphatic rings. The van der Waals surface area contributed by atoms with Crippen LogP contribution in [-0.2, 0) is 0 Å². The van der Waals surface area contributed by atoms with Crippen molar-refractivity contribution in [3.8, 4) is 17.8 Å². The molecule has 3 rings (SSSR count). The molecule has 7 heteroatoms. The lowest BCUT2D eigenvalue weighted by molar-refractivity contribution is 0.682. The standard InChI is InChI=1S/C20H15ClN4OS/c21-16-8-2-4-10-18(16)25-19(26)15-7-1-3-9-17(15)24-20(25)27-13-14(12-23)6-5-11-22/h1-4,7-10,14H,5-6,13H2/t14-/m1/s1. The summed E-state index contributed by atoms with van der Waals surface area (Å²) in [6.45, 7) is 0. The maximum absolute atomic E-state index is 13.1. The first-order valence-corrected chi connectivity index (χ1v) is 9.68. The third-order valence-electron chi connectivity index (χ3n) is 4.04. The van der Waals surface area contributed by atoms with Gasteiger partial charge < -0.3 is 0 Å². The number of hydrogen-bond acceptors (Lipinski definition) is 5. The van der Waals surface area contributed by atoms with Gasteiger partial charge in [-0.15, -0.1) is 0 Å². The molecule has 5 nitrogen and oxygen atoms in total. The number of rotatable bonds is 6. The van der Waals surface area contributed by atoms with E-state index in [1.54, 1.807) is 36.4 Å². The van der Waals surface area contributed by atoms with Gasteiger partial charge in [0.2, 0.25) is 0 Å². The zero-order valence-electron chi connectivity index (χ0n) is 14.3. The molecule has 0 bridgehead atoms. The fraction of sp³-hybridized carbons (Fsp3) is 0.200. The summed E-state index contributed by atoms with van der Waals surface area (Å²) in [6.07, 6.45) is 0.811. The molecule has 2 aromatic carbocycles. The zero-order valence-corrected chi connectivity index (χ0v) is 15.9. The molecule has 3 aromatic rings. The second kappa shape index (κ2) is 8.73. The molecular weight excluding hydrogens is 380 g/mol. The quantitative estimate of drug-likeness (QED) is 0.451. The average Bonchev–Trinajstić information content (AvgIpc) is 2.69. The van der Waals surface area contributed by atoms with Gasteiger partial charge in [-0.3, -0.25) is 9.36 Å². The maximum atomic E-state index is 13.1. The Labute approximate surface area is 165 Å². The lowest BCUT2D eigenvalue weighted by Crippen LogP contribution is -2.22. The molecule has 1 atom stereocenters. The summed E-state index contributed by atoms with van der Waals surface area (Å²) in [4.78, 5) is 17.8. The minimum absolute atomic E-state index is 0.207. The van der Waals surface area contributed by atoms with Gasteiger partial charge in [0.1, 0.15) is 0 Å². The van der Waals surface area contributed by atoms with Crippen molar-refractivity contribution in [1.82, 2.24) is 9.55 Å². The van der Waals surface area contributed by atoms with Crippen molar-refractivity contribution < 1.29 is 0 Å². The summed E-state index contributed by atoms with van der Waals surface area (Å²) in [5.74, 6) is 0.144. The van der Waals surface area contributed by atoms with Crippen LogP contribution in [0, 0.1) is 28.6 Å². The fourth-order valence-corrected chi connectivity index (χ4v) is 3.94. The largest absolute Gasteiger partial charge is 0.268 e. The van der Waals surface area contributed by atoms with E-state index in [1.807, 2.05) is 12.1 Å². The highest BCUT2D eigenvalue weighted by molar-refractivity contribution is 7.99. The van der Waals surface area contributed by atoms with Crippen LogP contribution < -0.4 is 5.56 Å². The van der Waals surface area contributed by atoms with Crippen LogP contribution in [0.1, 0.15) is 12.8 Å². The van der Waals surface area contributed by atoms with E-state index in [0.717, 1.165) is 0 Å². The van der Waals surface area contributed by atoms with Crippen molar-refractivity contribution in [2.75, 3.05) is 5.75 Å². The highest BCUT2D eigenvalue weighted by Crippen LogP contribution is 2.27. The molecule has 134 valence electrons. The molecule has 1 aromatic heterocycles. The van der Waals surface area contributed by atoms with Gasteiger partial charge in [0.05, 0.1) is 39.7 Å². The number of halogens is 1. The van der Waals surface area contributed by atoms with Crippen molar-refractivity contribution in [2.24, 2.45) is 5.92 Å². The van der Waals surface area contributed by atoms with Crippen molar-refractivity contribution in [3.63, 3.8) is 0 Å². The maximum Gasteiger partial charge on any atom is 0.266 e. The van der Waals surface area contributed by atoms with Crippen LogP contribution >= 0.6 is 23.4 Å². The van der Waals surface area contributed by atoms with Crippen molar-refractivity contribution in [2.45, 2.75) is 18.0 Å². The molecular formula is C20H15ClN4OS. The third-order valence-corrected chi connectivity index (χ3v) is 5.46. The summed E-state index contributed by atoms with van der Waals surface area (Å²) in [5, 5.41) is 19.5. The minimum Gasteiger partial charge on any atom is -0.268 e. The fourth-order valence-electron chi connectivity index (χ4n) is 2.65. The van der Waals surface area contributed by atoms with Crippen LogP contribution in [0.2, 0.25) is 5.02 Å². The number of nitrogens with zero attached hydrogens (tertiary/aromatic N) is 4. The summed E-state index contributed by atoms with van der Waals surface area (Å²) in [6, 6.07) is 18.5. The Bertz CT molecular complexity index is 1110. The van der Waals surface area contributed by atoms with Gasteiger partial charge in [-0.05, 0) is 30.7 Å². The van der Waals surface area contributed by atoms with Crippen LogP contribution in [0.25, 0.3) is 16.6 Å². The Morgan fingerprint density at radius 1 is 1.15 bits per heavy atom. The zero-order chi connectivity index (χ0) is 19.2. The van der Waals surface area contributed by atoms with E-state index in [0.29, 0.717) is 45.4 Å². The second-order valence-corrected chi connectivity index (χ2v) is 7.23. The number of benzene rings is 2. The Morgan fingerprint density at radius 3 is 2.63 bits per heavy atom. The van der Waals surface area contributed by atoms with Crippen LogP contribution in [0.5, 0.6) is 0 Å². The molecule has 0 N–H and O–H groups in total. The normalized spacial score (nSPS) is 11.7. The predicted molar refractivity (Wildman–Crippen MR) is 107 cm³/mol. The molecule has 0 aliphatic heterocycles. The number of para-hydroxylation sites is 2. The lowest BCUT2D eigenvalue weighted by Gasteiger charge is -2.15. The smallest absolute Gasteiger partial charge is 0.266 e. The van der Waals surface area contributed by atoms with E-state index in [2.05, 4.69) is 17.1 Å². The summed E-state index contributed by atoms with van der Waals surface area (Å²) < 4.78 is 1.49. The van der Waals surface area contributed by atoms with Gasteiger partial charge in [0.25, 0.3) is 5.56 Å². The van der Waals surface area contributed by atoms with Gasteiger partial charge in [0.15, 0.2) is 5.16 Å². The van der Waals surface area contributed by atoms with Gasteiger partial charge in [-0.25, -0.2) is 4.98 Å². The Balaban J connectivity index is 2.09. The second-order valence-electron chi connectivity index (χ2n) is 5.84. The molecule has 0 spiro atoms. The topological polar surface area (TPSA) is 82.5 Å². The van der Waals surface area contributed by atoms with Crippen LogP contribution in [-0.4, -0.2) is 15.3 Å². The number of fused-ring (bicyclic) bond motifs is 1. The van der Waals surface area contributed by atoms with Crippen molar-refractivity contribution in [1.29, 1.82) is 10.5 Å². The van der Waals surface area contributed by atoms with E-state index in [4.69, 9.17) is 16.9 Å². The Hall–Kier alpha value is -2.80. The first-order chi connectivity index (χ1) is 13.2.